The van der Waals surface area contributed by atoms with Crippen molar-refractivity contribution in [3.63, 3.8) is 0 Å². The minimum atomic E-state index is -4.08. The lowest BCUT2D eigenvalue weighted by Gasteiger charge is -2.40. The van der Waals surface area contributed by atoms with E-state index < -0.39 is 45.7 Å². The predicted octanol–water partition coefficient (Wildman–Crippen LogP) is -0.760. The number of aliphatic carboxylic acids is 1. The molecule has 2 aliphatic rings. The highest BCUT2D eigenvalue weighted by Crippen LogP contribution is 2.22. The van der Waals surface area contributed by atoms with Gasteiger partial charge in [-0.15, -0.1) is 11.8 Å². The van der Waals surface area contributed by atoms with Crippen LogP contribution < -0.4 is 10.6 Å². The van der Waals surface area contributed by atoms with Crippen molar-refractivity contribution in [3.8, 4) is 0 Å². The Morgan fingerprint density at radius 3 is 2.53 bits per heavy atom. The maximum Gasteiger partial charge on any atom is 0.313 e. The van der Waals surface area contributed by atoms with Gasteiger partial charge in [0.15, 0.2) is 0 Å². The minimum Gasteiger partial charge on any atom is -0.481 e. The lowest BCUT2D eigenvalue weighted by atomic mass is 10.1. The number of nitrogens with zero attached hydrogens (tertiary/aromatic N) is 2. The van der Waals surface area contributed by atoms with E-state index in [4.69, 9.17) is 5.11 Å². The molecule has 34 heavy (non-hydrogen) atoms. The molecule has 0 aliphatic carbocycles. The van der Waals surface area contributed by atoms with Gasteiger partial charge in [-0.3, -0.25) is 19.2 Å². The summed E-state index contributed by atoms with van der Waals surface area (Å²) >= 11 is 0.864. The molecular formula is C20H25FN4O7S2. The van der Waals surface area contributed by atoms with Gasteiger partial charge in [-0.1, -0.05) is 0 Å². The van der Waals surface area contributed by atoms with Gasteiger partial charge >= 0.3 is 5.97 Å². The minimum absolute atomic E-state index is 0.108. The summed E-state index contributed by atoms with van der Waals surface area (Å²) in [5, 5.41) is 14.0. The summed E-state index contributed by atoms with van der Waals surface area (Å²) in [4.78, 5) is 49.7. The summed E-state index contributed by atoms with van der Waals surface area (Å²) in [6.45, 7) is -0.0937. The van der Waals surface area contributed by atoms with Crippen LogP contribution in [0.25, 0.3) is 0 Å². The number of carboxylic acid groups (broad SMARTS) is 1. The van der Waals surface area contributed by atoms with E-state index in [0.717, 1.165) is 40.3 Å². The van der Waals surface area contributed by atoms with Gasteiger partial charge < -0.3 is 20.6 Å². The summed E-state index contributed by atoms with van der Waals surface area (Å²) in [7, 11) is -4.08. The number of hydrogen-bond acceptors (Lipinski definition) is 7. The standard InChI is InChI=1S/C20H25FN4O7S2/c21-13-3-5-14(6-4-13)34(31,32)24-8-9-25(17(26)11-33-12-18(27)28)16(10-24)20(30)23-15-2-1-7-22-19(15)29/h3-6,15-16H,1-2,7-12H2,(H,22,29)(H,23,30)(H,27,28). The summed E-state index contributed by atoms with van der Waals surface area (Å²) in [6, 6.07) is 2.23. The molecule has 0 aromatic heterocycles. The molecule has 186 valence electrons. The molecule has 0 bridgehead atoms. The number of carboxylic acids is 1. The number of thioether (sulfide) groups is 1. The third-order valence-electron chi connectivity index (χ3n) is 5.47. The highest BCUT2D eigenvalue weighted by Gasteiger charge is 2.41. The maximum absolute atomic E-state index is 13.3. The molecule has 2 aliphatic heterocycles. The summed E-state index contributed by atoms with van der Waals surface area (Å²) < 4.78 is 40.4. The van der Waals surface area contributed by atoms with Crippen LogP contribution in [0, 0.1) is 5.82 Å². The second-order valence-corrected chi connectivity index (χ2v) is 10.7. The zero-order chi connectivity index (χ0) is 24.9. The number of rotatable bonds is 8. The molecule has 2 saturated heterocycles. The number of piperidine rings is 1. The van der Waals surface area contributed by atoms with Crippen molar-refractivity contribution in [1.29, 1.82) is 0 Å². The van der Waals surface area contributed by atoms with Crippen LogP contribution in [0.1, 0.15) is 12.8 Å². The van der Waals surface area contributed by atoms with Gasteiger partial charge in [0, 0.05) is 26.2 Å². The Balaban J connectivity index is 1.80. The van der Waals surface area contributed by atoms with Crippen molar-refractivity contribution >= 4 is 45.5 Å². The Morgan fingerprint density at radius 1 is 1.18 bits per heavy atom. The van der Waals surface area contributed by atoms with Crippen LogP contribution >= 0.6 is 11.8 Å². The smallest absolute Gasteiger partial charge is 0.313 e. The monoisotopic (exact) mass is 516 g/mol. The molecule has 1 aromatic rings. The third kappa shape index (κ3) is 6.24. The Morgan fingerprint density at radius 2 is 1.88 bits per heavy atom. The molecule has 11 nitrogen and oxygen atoms in total. The number of piperazine rings is 1. The second kappa shape index (κ2) is 11.1. The highest BCUT2D eigenvalue weighted by molar-refractivity contribution is 8.00. The van der Waals surface area contributed by atoms with Crippen LogP contribution in [0.5, 0.6) is 0 Å². The number of carbonyl (C=O) groups is 4. The number of benzene rings is 1. The molecule has 2 unspecified atom stereocenters. The number of hydrogen-bond donors (Lipinski definition) is 3. The van der Waals surface area contributed by atoms with Crippen molar-refractivity contribution in [2.75, 3.05) is 37.7 Å². The summed E-state index contributed by atoms with van der Waals surface area (Å²) in [5.74, 6) is -3.76. The first-order chi connectivity index (χ1) is 16.1. The molecule has 3 N–H and O–H groups in total. The van der Waals surface area contributed by atoms with Crippen LogP contribution in [0.3, 0.4) is 0 Å². The molecule has 1 aromatic carbocycles. The number of nitrogens with one attached hydrogen (secondary N) is 2. The van der Waals surface area contributed by atoms with Gasteiger partial charge in [-0.05, 0) is 37.1 Å². The zero-order valence-electron chi connectivity index (χ0n) is 18.1. The van der Waals surface area contributed by atoms with E-state index in [-0.39, 0.29) is 41.9 Å². The lowest BCUT2D eigenvalue weighted by molar-refractivity contribution is -0.142. The zero-order valence-corrected chi connectivity index (χ0v) is 19.7. The first-order valence-electron chi connectivity index (χ1n) is 10.5. The Hall–Kier alpha value is -2.71. The average Bonchev–Trinajstić information content (AvgIpc) is 2.80. The lowest BCUT2D eigenvalue weighted by Crippen LogP contribution is -2.63. The highest BCUT2D eigenvalue weighted by atomic mass is 32.2. The molecule has 3 rings (SSSR count). The molecule has 0 spiro atoms. The Labute approximate surface area is 200 Å². The molecule has 0 radical (unpaired) electrons. The topological polar surface area (TPSA) is 153 Å². The molecule has 3 amide bonds. The molecule has 14 heteroatoms. The van der Waals surface area contributed by atoms with E-state index in [1.807, 2.05) is 0 Å². The van der Waals surface area contributed by atoms with Crippen molar-refractivity contribution < 1.29 is 37.1 Å². The van der Waals surface area contributed by atoms with Crippen molar-refractivity contribution in [1.82, 2.24) is 19.8 Å². The van der Waals surface area contributed by atoms with Gasteiger partial charge in [0.05, 0.1) is 16.4 Å². The number of amides is 3. The number of sulfonamides is 1. The van der Waals surface area contributed by atoms with Crippen LogP contribution in [0.15, 0.2) is 29.2 Å². The SMILES string of the molecule is O=C(O)CSCC(=O)N1CCN(S(=O)(=O)c2ccc(F)cc2)CC1C(=O)NC1CCCNC1=O. The fourth-order valence-corrected chi connectivity index (χ4v) is 5.80. The largest absolute Gasteiger partial charge is 0.481 e. The third-order valence-corrected chi connectivity index (χ3v) is 8.25. The van der Waals surface area contributed by atoms with E-state index in [1.54, 1.807) is 0 Å². The first-order valence-corrected chi connectivity index (χ1v) is 13.1. The van der Waals surface area contributed by atoms with E-state index >= 15 is 0 Å². The summed E-state index contributed by atoms with van der Waals surface area (Å²) in [6.07, 6.45) is 1.06. The van der Waals surface area contributed by atoms with Crippen molar-refractivity contribution in [2.24, 2.45) is 0 Å². The maximum atomic E-state index is 13.3. The molecule has 2 heterocycles. The molecule has 2 fully saturated rings. The Bertz CT molecular complexity index is 1050. The van der Waals surface area contributed by atoms with Crippen molar-refractivity contribution in [3.05, 3.63) is 30.1 Å². The predicted molar refractivity (Wildman–Crippen MR) is 120 cm³/mol. The van der Waals surface area contributed by atoms with Crippen molar-refractivity contribution in [2.45, 2.75) is 29.8 Å². The van der Waals surface area contributed by atoms with E-state index in [1.165, 1.54) is 4.90 Å². The van der Waals surface area contributed by atoms with Crippen LogP contribution in [0.4, 0.5) is 4.39 Å². The van der Waals surface area contributed by atoms with Gasteiger partial charge in [0.2, 0.25) is 27.7 Å². The fraction of sp³-hybridized carbons (Fsp3) is 0.500. The Kier molecular flexibility index (Phi) is 8.49. The fourth-order valence-electron chi connectivity index (χ4n) is 3.74. The first kappa shape index (κ1) is 25.9. The van der Waals surface area contributed by atoms with Gasteiger partial charge in [-0.25, -0.2) is 12.8 Å². The second-order valence-electron chi connectivity index (χ2n) is 7.80. The number of halogens is 1. The van der Waals surface area contributed by atoms with Crippen LogP contribution in [-0.2, 0) is 29.2 Å². The summed E-state index contributed by atoms with van der Waals surface area (Å²) in [5.41, 5.74) is 0. The number of carbonyl (C=O) groups excluding carboxylic acids is 3. The van der Waals surface area contributed by atoms with Crippen LogP contribution in [-0.4, -0.2) is 96.2 Å². The van der Waals surface area contributed by atoms with Gasteiger partial charge in [0.1, 0.15) is 17.9 Å². The molecular weight excluding hydrogens is 491 g/mol. The normalized spacial score (nSPS) is 21.6. The molecule has 0 saturated carbocycles. The molecule has 2 atom stereocenters. The quantitative estimate of drug-likeness (QED) is 0.408. The average molecular weight is 517 g/mol. The van der Waals surface area contributed by atoms with Gasteiger partial charge in [0.25, 0.3) is 0 Å². The van der Waals surface area contributed by atoms with E-state index in [0.29, 0.717) is 19.4 Å². The van der Waals surface area contributed by atoms with Crippen LogP contribution in [0.2, 0.25) is 0 Å². The van der Waals surface area contributed by atoms with E-state index in [9.17, 15) is 32.0 Å². The van der Waals surface area contributed by atoms with E-state index in [2.05, 4.69) is 10.6 Å². The van der Waals surface area contributed by atoms with Gasteiger partial charge in [-0.2, -0.15) is 4.31 Å².